The van der Waals surface area contributed by atoms with Crippen molar-refractivity contribution >= 4 is 35.2 Å². The van der Waals surface area contributed by atoms with Crippen LogP contribution in [0.25, 0.3) is 0 Å². The van der Waals surface area contributed by atoms with Crippen molar-refractivity contribution in [1.82, 2.24) is 4.90 Å². The Morgan fingerprint density at radius 3 is 2.83 bits per heavy atom. The second kappa shape index (κ2) is 5.76. The molecular formula is C13H15ClN2OS. The van der Waals surface area contributed by atoms with Gasteiger partial charge in [0.1, 0.15) is 0 Å². The fourth-order valence-corrected chi connectivity index (χ4v) is 3.47. The molecule has 1 saturated heterocycles. The molecule has 0 aliphatic carbocycles. The number of aliphatic imine (C=N–C) groups is 1. The van der Waals surface area contributed by atoms with E-state index in [9.17, 15) is 4.79 Å². The van der Waals surface area contributed by atoms with Crippen LogP contribution in [0, 0.1) is 0 Å². The number of nitrogens with zero attached hydrogens (tertiary/aromatic N) is 2. The Morgan fingerprint density at radius 2 is 2.06 bits per heavy atom. The molecule has 1 aromatic rings. The van der Waals surface area contributed by atoms with E-state index < -0.39 is 0 Å². The van der Waals surface area contributed by atoms with Gasteiger partial charge in [-0.25, -0.2) is 0 Å². The molecular weight excluding hydrogens is 268 g/mol. The van der Waals surface area contributed by atoms with Gasteiger partial charge < -0.3 is 0 Å². The summed E-state index contributed by atoms with van der Waals surface area (Å²) >= 11 is 1.73. The average molecular weight is 283 g/mol. The van der Waals surface area contributed by atoms with Crippen LogP contribution >= 0.6 is 24.2 Å². The summed E-state index contributed by atoms with van der Waals surface area (Å²) < 4.78 is 0. The Kier molecular flexibility index (Phi) is 4.30. The van der Waals surface area contributed by atoms with Crippen LogP contribution in [0.2, 0.25) is 0 Å². The molecule has 0 saturated carbocycles. The lowest BCUT2D eigenvalue weighted by Gasteiger charge is -2.34. The number of halogens is 1. The van der Waals surface area contributed by atoms with Gasteiger partial charge in [-0.05, 0) is 12.0 Å². The molecule has 2 aliphatic heterocycles. The summed E-state index contributed by atoms with van der Waals surface area (Å²) in [7, 11) is 0. The number of carbonyl (C=O) groups excluding carboxylic acids is 1. The standard InChI is InChI=1S/C13H14N2OS.ClH/c16-12-9-11(10-5-2-1-3-6-10)17-13-14-7-4-8-15(12)13;/h1-3,5-6,11H,4,7-9H2;1H. The molecule has 18 heavy (non-hydrogen) atoms. The minimum absolute atomic E-state index is 0. The molecule has 96 valence electrons. The van der Waals surface area contributed by atoms with E-state index in [4.69, 9.17) is 0 Å². The zero-order valence-corrected chi connectivity index (χ0v) is 11.5. The lowest BCUT2D eigenvalue weighted by Crippen LogP contribution is -2.42. The molecule has 0 bridgehead atoms. The van der Waals surface area contributed by atoms with E-state index in [1.807, 2.05) is 23.1 Å². The zero-order chi connectivity index (χ0) is 11.7. The Balaban J connectivity index is 0.00000120. The van der Waals surface area contributed by atoms with Gasteiger partial charge in [0.05, 0.1) is 0 Å². The van der Waals surface area contributed by atoms with E-state index in [1.54, 1.807) is 11.8 Å². The molecule has 0 N–H and O–H groups in total. The van der Waals surface area contributed by atoms with Crippen LogP contribution < -0.4 is 0 Å². The van der Waals surface area contributed by atoms with Gasteiger partial charge in [-0.3, -0.25) is 14.7 Å². The first-order valence-corrected chi connectivity index (χ1v) is 6.79. The van der Waals surface area contributed by atoms with Crippen molar-refractivity contribution in [3.63, 3.8) is 0 Å². The largest absolute Gasteiger partial charge is 0.291 e. The van der Waals surface area contributed by atoms with Gasteiger partial charge in [-0.1, -0.05) is 42.1 Å². The summed E-state index contributed by atoms with van der Waals surface area (Å²) in [6.07, 6.45) is 1.58. The van der Waals surface area contributed by atoms with E-state index in [1.165, 1.54) is 5.56 Å². The molecule has 3 rings (SSSR count). The van der Waals surface area contributed by atoms with Gasteiger partial charge >= 0.3 is 0 Å². The topological polar surface area (TPSA) is 32.7 Å². The highest BCUT2D eigenvalue weighted by Crippen LogP contribution is 2.39. The molecule has 2 heterocycles. The summed E-state index contributed by atoms with van der Waals surface area (Å²) in [6.45, 7) is 1.69. The van der Waals surface area contributed by atoms with Crippen molar-refractivity contribution < 1.29 is 4.79 Å². The zero-order valence-electron chi connectivity index (χ0n) is 9.91. The SMILES string of the molecule is Cl.O=C1CC(c2ccccc2)SC2=NCCCN12. The number of rotatable bonds is 1. The molecule has 1 amide bonds. The number of thioether (sulfide) groups is 1. The first-order valence-electron chi connectivity index (χ1n) is 5.91. The van der Waals surface area contributed by atoms with Crippen molar-refractivity contribution in [2.24, 2.45) is 4.99 Å². The molecule has 5 heteroatoms. The van der Waals surface area contributed by atoms with Gasteiger partial charge in [0.2, 0.25) is 5.91 Å². The first kappa shape index (κ1) is 13.4. The minimum Gasteiger partial charge on any atom is -0.291 e. The first-order chi connectivity index (χ1) is 8.34. The van der Waals surface area contributed by atoms with E-state index in [0.717, 1.165) is 24.7 Å². The van der Waals surface area contributed by atoms with Gasteiger partial charge in [-0.2, -0.15) is 0 Å². The van der Waals surface area contributed by atoms with E-state index in [0.29, 0.717) is 6.42 Å². The third kappa shape index (κ3) is 2.54. The molecule has 0 aromatic heterocycles. The van der Waals surface area contributed by atoms with Crippen LogP contribution in [0.5, 0.6) is 0 Å². The van der Waals surface area contributed by atoms with Crippen LogP contribution in [-0.4, -0.2) is 29.1 Å². The number of benzene rings is 1. The second-order valence-corrected chi connectivity index (χ2v) is 5.45. The lowest BCUT2D eigenvalue weighted by molar-refractivity contribution is -0.127. The molecule has 1 aromatic carbocycles. The number of amides is 1. The van der Waals surface area contributed by atoms with E-state index in [2.05, 4.69) is 17.1 Å². The van der Waals surface area contributed by atoms with Crippen LogP contribution in [0.1, 0.15) is 23.7 Å². The van der Waals surface area contributed by atoms with Crippen molar-refractivity contribution in [1.29, 1.82) is 0 Å². The smallest absolute Gasteiger partial charge is 0.230 e. The summed E-state index contributed by atoms with van der Waals surface area (Å²) in [5.41, 5.74) is 1.22. The van der Waals surface area contributed by atoms with Gasteiger partial charge in [0.15, 0.2) is 5.17 Å². The highest BCUT2D eigenvalue weighted by molar-refractivity contribution is 8.14. The average Bonchev–Trinajstić information content (AvgIpc) is 2.40. The summed E-state index contributed by atoms with van der Waals surface area (Å²) in [5, 5.41) is 1.15. The fraction of sp³-hybridized carbons (Fsp3) is 0.385. The predicted octanol–water partition coefficient (Wildman–Crippen LogP) is 2.87. The van der Waals surface area contributed by atoms with E-state index >= 15 is 0 Å². The number of carbonyl (C=O) groups is 1. The van der Waals surface area contributed by atoms with E-state index in [-0.39, 0.29) is 23.6 Å². The predicted molar refractivity (Wildman–Crippen MR) is 77.3 cm³/mol. The number of fused-ring (bicyclic) bond motifs is 1. The molecule has 1 atom stereocenters. The van der Waals surface area contributed by atoms with Crippen molar-refractivity contribution in [2.75, 3.05) is 13.1 Å². The molecule has 0 radical (unpaired) electrons. The van der Waals surface area contributed by atoms with Crippen LogP contribution in [0.15, 0.2) is 35.3 Å². The third-order valence-corrected chi connectivity index (χ3v) is 4.38. The molecule has 2 aliphatic rings. The third-order valence-electron chi connectivity index (χ3n) is 3.10. The van der Waals surface area contributed by atoms with Crippen molar-refractivity contribution in [3.8, 4) is 0 Å². The molecule has 0 spiro atoms. The second-order valence-electron chi connectivity index (χ2n) is 4.28. The van der Waals surface area contributed by atoms with Crippen molar-refractivity contribution in [3.05, 3.63) is 35.9 Å². The normalized spacial score (nSPS) is 22.9. The summed E-state index contributed by atoms with van der Waals surface area (Å²) in [6, 6.07) is 10.2. The molecule has 1 unspecified atom stereocenters. The van der Waals surface area contributed by atoms with Crippen LogP contribution in [0.3, 0.4) is 0 Å². The highest BCUT2D eigenvalue weighted by atomic mass is 35.5. The van der Waals surface area contributed by atoms with Gasteiger partial charge in [0.25, 0.3) is 0 Å². The molecule has 3 nitrogen and oxygen atoms in total. The Morgan fingerprint density at radius 1 is 1.28 bits per heavy atom. The maximum atomic E-state index is 12.0. The Hall–Kier alpha value is -1.00. The monoisotopic (exact) mass is 282 g/mol. The summed E-state index contributed by atoms with van der Waals surface area (Å²) in [5.74, 6) is 0.219. The number of hydrogen-bond acceptors (Lipinski definition) is 3. The molecule has 1 fully saturated rings. The maximum Gasteiger partial charge on any atom is 0.230 e. The highest BCUT2D eigenvalue weighted by Gasteiger charge is 2.33. The van der Waals surface area contributed by atoms with Crippen LogP contribution in [-0.2, 0) is 4.79 Å². The maximum absolute atomic E-state index is 12.0. The number of hydrogen-bond donors (Lipinski definition) is 0. The van der Waals surface area contributed by atoms with Gasteiger partial charge in [-0.15, -0.1) is 12.4 Å². The minimum atomic E-state index is 0. The lowest BCUT2D eigenvalue weighted by atomic mass is 10.1. The fourth-order valence-electron chi connectivity index (χ4n) is 2.21. The van der Waals surface area contributed by atoms with Crippen LogP contribution in [0.4, 0.5) is 0 Å². The van der Waals surface area contributed by atoms with Crippen molar-refractivity contribution in [2.45, 2.75) is 18.1 Å². The Labute approximate surface area is 117 Å². The Bertz CT molecular complexity index is 463. The quantitative estimate of drug-likeness (QED) is 0.793. The van der Waals surface area contributed by atoms with Gasteiger partial charge in [0, 0.05) is 24.8 Å². The number of amidine groups is 1. The summed E-state index contributed by atoms with van der Waals surface area (Å²) in [4.78, 5) is 18.3.